The van der Waals surface area contributed by atoms with Crippen LogP contribution in [-0.2, 0) is 16.8 Å². The van der Waals surface area contributed by atoms with Gasteiger partial charge in [0.25, 0.3) is 5.91 Å². The Morgan fingerprint density at radius 1 is 1.00 bits per heavy atom. The van der Waals surface area contributed by atoms with Crippen molar-refractivity contribution >= 4 is 35.0 Å². The molecule has 1 atom stereocenters. The first kappa shape index (κ1) is 26.7. The summed E-state index contributed by atoms with van der Waals surface area (Å²) in [7, 11) is 1.85. The zero-order chi connectivity index (χ0) is 26.7. The SMILES string of the molecule is CN(C[C@H](CCN1CCC2(CC1)NC(=O)Cc1ccccc12)c1ccc(Cl)c(Cl)c1)C(=O)c1ccccc1. The lowest BCUT2D eigenvalue weighted by Crippen LogP contribution is -2.56. The maximum absolute atomic E-state index is 13.1. The number of carbonyl (C=O) groups excluding carboxylic acids is 2. The minimum Gasteiger partial charge on any atom is -0.346 e. The highest BCUT2D eigenvalue weighted by Crippen LogP contribution is 2.38. The average Bonchev–Trinajstić information content (AvgIpc) is 2.93. The Labute approximate surface area is 234 Å². The van der Waals surface area contributed by atoms with Crippen LogP contribution in [-0.4, -0.2) is 54.8 Å². The van der Waals surface area contributed by atoms with E-state index in [1.165, 1.54) is 5.56 Å². The van der Waals surface area contributed by atoms with Crippen molar-refractivity contribution in [3.05, 3.63) is 105 Å². The first-order chi connectivity index (χ1) is 18.3. The van der Waals surface area contributed by atoms with Crippen LogP contribution in [0.3, 0.4) is 0 Å². The van der Waals surface area contributed by atoms with E-state index in [1.807, 2.05) is 61.6 Å². The molecule has 1 N–H and O–H groups in total. The molecule has 0 radical (unpaired) electrons. The van der Waals surface area contributed by atoms with Gasteiger partial charge in [0.2, 0.25) is 5.91 Å². The van der Waals surface area contributed by atoms with Crippen LogP contribution in [0.1, 0.15) is 52.2 Å². The van der Waals surface area contributed by atoms with E-state index in [9.17, 15) is 9.59 Å². The number of piperidine rings is 1. The molecule has 5 rings (SSSR count). The van der Waals surface area contributed by atoms with Gasteiger partial charge in [-0.1, -0.05) is 71.7 Å². The molecule has 2 heterocycles. The number of hydrogen-bond acceptors (Lipinski definition) is 3. The molecule has 2 aliphatic rings. The Kier molecular flexibility index (Phi) is 8.08. The van der Waals surface area contributed by atoms with Crippen molar-refractivity contribution in [3.63, 3.8) is 0 Å². The highest BCUT2D eigenvalue weighted by atomic mass is 35.5. The number of rotatable bonds is 7. The van der Waals surface area contributed by atoms with Crippen LogP contribution < -0.4 is 5.32 Å². The third-order valence-electron chi connectivity index (χ3n) is 8.04. The van der Waals surface area contributed by atoms with Crippen LogP contribution in [0, 0.1) is 0 Å². The lowest BCUT2D eigenvalue weighted by molar-refractivity contribution is -0.124. The number of fused-ring (bicyclic) bond motifs is 2. The van der Waals surface area contributed by atoms with E-state index in [0.717, 1.165) is 50.0 Å². The van der Waals surface area contributed by atoms with Crippen LogP contribution in [0.5, 0.6) is 0 Å². The highest BCUT2D eigenvalue weighted by Gasteiger charge is 2.41. The van der Waals surface area contributed by atoms with Gasteiger partial charge in [-0.05, 0) is 66.8 Å². The van der Waals surface area contributed by atoms with Gasteiger partial charge in [-0.2, -0.15) is 0 Å². The van der Waals surface area contributed by atoms with Gasteiger partial charge in [0.15, 0.2) is 0 Å². The Bertz CT molecular complexity index is 1310. The van der Waals surface area contributed by atoms with Crippen LogP contribution in [0.15, 0.2) is 72.8 Å². The van der Waals surface area contributed by atoms with Crippen LogP contribution in [0.25, 0.3) is 0 Å². The minimum absolute atomic E-state index is 0.00211. The highest BCUT2D eigenvalue weighted by molar-refractivity contribution is 6.42. The van der Waals surface area contributed by atoms with E-state index in [1.54, 1.807) is 4.90 Å². The standard InChI is InChI=1S/C31H33Cl2N3O2/c1-35(30(38)22-7-3-2-4-8-22)21-25(23-11-12-27(32)28(33)19-23)13-16-36-17-14-31(15-18-36)26-10-6-5-9-24(26)20-29(37)34-31/h2-12,19,25H,13-18,20-21H2,1H3,(H,34,37)/t25-/m0/s1. The number of likely N-dealkylation sites (tertiary alicyclic amines) is 1. The Hall–Kier alpha value is -2.86. The first-order valence-electron chi connectivity index (χ1n) is 13.2. The minimum atomic E-state index is -0.270. The van der Waals surface area contributed by atoms with Crippen LogP contribution in [0.4, 0.5) is 0 Å². The van der Waals surface area contributed by atoms with E-state index in [-0.39, 0.29) is 23.3 Å². The summed E-state index contributed by atoms with van der Waals surface area (Å²) in [6, 6.07) is 23.5. The molecular formula is C31H33Cl2N3O2. The average molecular weight is 551 g/mol. The second-order valence-corrected chi connectivity index (χ2v) is 11.3. The number of amides is 2. The summed E-state index contributed by atoms with van der Waals surface area (Å²) in [5, 5.41) is 4.38. The molecule has 0 aliphatic carbocycles. The van der Waals surface area contributed by atoms with Crippen molar-refractivity contribution in [1.29, 1.82) is 0 Å². The van der Waals surface area contributed by atoms with Crippen molar-refractivity contribution in [2.75, 3.05) is 33.2 Å². The molecule has 1 fully saturated rings. The predicted octanol–water partition coefficient (Wildman–Crippen LogP) is 5.90. The molecule has 7 heteroatoms. The summed E-state index contributed by atoms with van der Waals surface area (Å²) < 4.78 is 0. The molecule has 1 saturated heterocycles. The van der Waals surface area contributed by atoms with Gasteiger partial charge in [-0.15, -0.1) is 0 Å². The fraction of sp³-hybridized carbons (Fsp3) is 0.355. The second kappa shape index (κ2) is 11.5. The fourth-order valence-corrected chi connectivity index (χ4v) is 6.23. The smallest absolute Gasteiger partial charge is 0.253 e. The van der Waals surface area contributed by atoms with Gasteiger partial charge in [-0.25, -0.2) is 0 Å². The molecule has 198 valence electrons. The fourth-order valence-electron chi connectivity index (χ4n) is 5.93. The van der Waals surface area contributed by atoms with Crippen LogP contribution in [0.2, 0.25) is 10.0 Å². The topological polar surface area (TPSA) is 52.6 Å². The van der Waals surface area contributed by atoms with Gasteiger partial charge in [0, 0.05) is 38.2 Å². The molecule has 2 aliphatic heterocycles. The molecule has 0 saturated carbocycles. The number of hydrogen-bond donors (Lipinski definition) is 1. The summed E-state index contributed by atoms with van der Waals surface area (Å²) in [5.74, 6) is 0.221. The van der Waals surface area contributed by atoms with Crippen molar-refractivity contribution < 1.29 is 9.59 Å². The molecule has 3 aromatic rings. The van der Waals surface area contributed by atoms with Gasteiger partial charge < -0.3 is 15.1 Å². The lowest BCUT2D eigenvalue weighted by atomic mass is 9.75. The second-order valence-electron chi connectivity index (χ2n) is 10.5. The number of halogens is 2. The molecule has 5 nitrogen and oxygen atoms in total. The molecule has 0 unspecified atom stereocenters. The monoisotopic (exact) mass is 549 g/mol. The molecule has 3 aromatic carbocycles. The normalized spacial score (nSPS) is 17.5. The van der Waals surface area contributed by atoms with Gasteiger partial charge in [0.1, 0.15) is 0 Å². The molecule has 38 heavy (non-hydrogen) atoms. The summed E-state index contributed by atoms with van der Waals surface area (Å²) >= 11 is 12.6. The third-order valence-corrected chi connectivity index (χ3v) is 8.78. The Morgan fingerprint density at radius 3 is 2.45 bits per heavy atom. The zero-order valence-electron chi connectivity index (χ0n) is 21.6. The van der Waals surface area contributed by atoms with E-state index in [4.69, 9.17) is 23.2 Å². The third kappa shape index (κ3) is 5.75. The molecule has 0 bridgehead atoms. The first-order valence-corrected chi connectivity index (χ1v) is 14.0. The zero-order valence-corrected chi connectivity index (χ0v) is 23.1. The number of benzene rings is 3. The summed E-state index contributed by atoms with van der Waals surface area (Å²) in [5.41, 5.74) is 3.91. The quantitative estimate of drug-likeness (QED) is 0.399. The number of nitrogens with one attached hydrogen (secondary N) is 1. The molecule has 1 spiro atoms. The summed E-state index contributed by atoms with van der Waals surface area (Å²) in [6.07, 6.45) is 3.11. The van der Waals surface area contributed by atoms with Gasteiger partial charge in [0.05, 0.1) is 22.0 Å². The van der Waals surface area contributed by atoms with E-state index < -0.39 is 0 Å². The van der Waals surface area contributed by atoms with E-state index in [0.29, 0.717) is 28.6 Å². The predicted molar refractivity (Wildman–Crippen MR) is 153 cm³/mol. The van der Waals surface area contributed by atoms with Crippen molar-refractivity contribution in [2.24, 2.45) is 0 Å². The molecular weight excluding hydrogens is 517 g/mol. The van der Waals surface area contributed by atoms with Crippen LogP contribution >= 0.6 is 23.2 Å². The number of carbonyl (C=O) groups is 2. The number of nitrogens with zero attached hydrogens (tertiary/aromatic N) is 2. The van der Waals surface area contributed by atoms with E-state index in [2.05, 4.69) is 28.4 Å². The van der Waals surface area contributed by atoms with Gasteiger partial charge in [-0.3, -0.25) is 9.59 Å². The van der Waals surface area contributed by atoms with Gasteiger partial charge >= 0.3 is 0 Å². The summed E-state index contributed by atoms with van der Waals surface area (Å²) in [6.45, 7) is 3.28. The molecule has 2 amide bonds. The lowest BCUT2D eigenvalue weighted by Gasteiger charge is -2.46. The maximum Gasteiger partial charge on any atom is 0.253 e. The van der Waals surface area contributed by atoms with Crippen molar-refractivity contribution in [3.8, 4) is 0 Å². The largest absolute Gasteiger partial charge is 0.346 e. The van der Waals surface area contributed by atoms with Crippen molar-refractivity contribution in [1.82, 2.24) is 15.1 Å². The number of likely N-dealkylation sites (N-methyl/N-ethyl adjacent to an activating group) is 1. The molecule has 0 aromatic heterocycles. The Morgan fingerprint density at radius 2 is 1.71 bits per heavy atom. The summed E-state index contributed by atoms with van der Waals surface area (Å²) in [4.78, 5) is 29.8. The van der Waals surface area contributed by atoms with E-state index >= 15 is 0 Å². The van der Waals surface area contributed by atoms with Crippen molar-refractivity contribution in [2.45, 2.75) is 37.1 Å². The maximum atomic E-state index is 13.1. The Balaban J connectivity index is 1.27.